The molecule has 0 radical (unpaired) electrons. The number of nitrogens with one attached hydrogen (secondary N) is 1. The number of rotatable bonds is 2. The van der Waals surface area contributed by atoms with E-state index in [9.17, 15) is 14.5 Å². The third-order valence-electron chi connectivity index (χ3n) is 3.01. The molecular formula is C14H11NO3S. The van der Waals surface area contributed by atoms with Crippen molar-refractivity contribution in [1.29, 1.82) is 0 Å². The van der Waals surface area contributed by atoms with Crippen molar-refractivity contribution in [3.8, 4) is 5.75 Å². The number of hydrogen-bond donors (Lipinski definition) is 2. The van der Waals surface area contributed by atoms with E-state index >= 15 is 0 Å². The van der Waals surface area contributed by atoms with Crippen molar-refractivity contribution in [1.82, 2.24) is 0 Å². The lowest BCUT2D eigenvalue weighted by Gasteiger charge is -2.04. The molecule has 1 heterocycles. The number of anilines is 1. The predicted octanol–water partition coefficient (Wildman–Crippen LogP) is 2.11. The average Bonchev–Trinajstić information content (AvgIpc) is 2.80. The van der Waals surface area contributed by atoms with E-state index in [1.54, 1.807) is 30.3 Å². The zero-order valence-electron chi connectivity index (χ0n) is 9.92. The van der Waals surface area contributed by atoms with E-state index in [1.807, 2.05) is 0 Å². The molecule has 2 N–H and O–H groups in total. The molecule has 4 nitrogen and oxygen atoms in total. The van der Waals surface area contributed by atoms with Crippen molar-refractivity contribution < 1.29 is 14.5 Å². The van der Waals surface area contributed by atoms with Crippen molar-refractivity contribution in [2.45, 2.75) is 4.90 Å². The highest BCUT2D eigenvalue weighted by atomic mass is 32.2. The summed E-state index contributed by atoms with van der Waals surface area (Å²) in [6, 6.07) is 11.2. The average molecular weight is 273 g/mol. The summed E-state index contributed by atoms with van der Waals surface area (Å²) in [7, 11) is 0. The Kier molecular flexibility index (Phi) is 2.93. The summed E-state index contributed by atoms with van der Waals surface area (Å²) < 4.78 is 11.7. The lowest BCUT2D eigenvalue weighted by molar-refractivity contribution is 0.103. The second-order valence-corrected chi connectivity index (χ2v) is 5.67. The number of aromatic hydroxyl groups is 1. The van der Waals surface area contributed by atoms with Gasteiger partial charge in [-0.25, -0.2) is 0 Å². The summed E-state index contributed by atoms with van der Waals surface area (Å²) in [5.41, 5.74) is 1.82. The van der Waals surface area contributed by atoms with E-state index in [1.165, 1.54) is 12.1 Å². The molecule has 1 unspecified atom stereocenters. The van der Waals surface area contributed by atoms with Crippen molar-refractivity contribution in [2.75, 3.05) is 11.2 Å². The minimum atomic E-state index is -1.09. The van der Waals surface area contributed by atoms with Crippen LogP contribution in [0.25, 0.3) is 0 Å². The molecule has 0 fully saturated rings. The van der Waals surface area contributed by atoms with Gasteiger partial charge in [0.1, 0.15) is 5.75 Å². The third-order valence-corrected chi connectivity index (χ3v) is 4.25. The van der Waals surface area contributed by atoms with Gasteiger partial charge in [-0.1, -0.05) is 0 Å². The van der Waals surface area contributed by atoms with Crippen LogP contribution in [0.1, 0.15) is 15.9 Å². The van der Waals surface area contributed by atoms with E-state index in [0.29, 0.717) is 21.9 Å². The minimum Gasteiger partial charge on any atom is -0.610 e. The monoisotopic (exact) mass is 273 g/mol. The SMILES string of the molecule is O=C(c1ccc(O)cc1)c1ccc2c(c1)[S+]([O-])CN2. The molecule has 19 heavy (non-hydrogen) atoms. The predicted molar refractivity (Wildman–Crippen MR) is 72.9 cm³/mol. The molecule has 0 amide bonds. The molecule has 0 saturated heterocycles. The van der Waals surface area contributed by atoms with Gasteiger partial charge in [0, 0.05) is 28.4 Å². The number of carbonyl (C=O) groups is 1. The summed E-state index contributed by atoms with van der Waals surface area (Å²) in [5, 5.41) is 12.2. The second-order valence-electron chi connectivity index (χ2n) is 4.25. The summed E-state index contributed by atoms with van der Waals surface area (Å²) in [6.45, 7) is 0. The summed E-state index contributed by atoms with van der Waals surface area (Å²) >= 11 is -1.09. The van der Waals surface area contributed by atoms with Gasteiger partial charge < -0.3 is 15.0 Å². The van der Waals surface area contributed by atoms with Gasteiger partial charge in [-0.2, -0.15) is 0 Å². The maximum Gasteiger partial charge on any atom is 0.193 e. The second kappa shape index (κ2) is 4.60. The Bertz CT molecular complexity index is 640. The Morgan fingerprint density at radius 2 is 1.84 bits per heavy atom. The smallest absolute Gasteiger partial charge is 0.193 e. The van der Waals surface area contributed by atoms with E-state index in [4.69, 9.17) is 0 Å². The first-order valence-electron chi connectivity index (χ1n) is 5.75. The molecule has 5 heteroatoms. The van der Waals surface area contributed by atoms with Crippen LogP contribution in [0.4, 0.5) is 5.69 Å². The molecule has 0 spiro atoms. The van der Waals surface area contributed by atoms with Gasteiger partial charge in [-0.05, 0) is 36.4 Å². The fourth-order valence-corrected chi connectivity index (χ4v) is 3.08. The van der Waals surface area contributed by atoms with E-state index in [0.717, 1.165) is 5.69 Å². The lowest BCUT2D eigenvalue weighted by atomic mass is 10.0. The van der Waals surface area contributed by atoms with Gasteiger partial charge in [-0.3, -0.25) is 4.79 Å². The molecule has 3 rings (SSSR count). The van der Waals surface area contributed by atoms with Gasteiger partial charge in [0.05, 0.1) is 5.69 Å². The van der Waals surface area contributed by atoms with Crippen molar-refractivity contribution in [3.05, 3.63) is 53.6 Å². The first kappa shape index (κ1) is 12.1. The molecule has 1 atom stereocenters. The van der Waals surface area contributed by atoms with Gasteiger partial charge in [0.25, 0.3) is 0 Å². The first-order valence-corrected chi connectivity index (χ1v) is 7.07. The standard InChI is InChI=1S/C14H11NO3S/c16-11-4-1-9(2-5-11)14(17)10-3-6-12-13(7-10)19(18)8-15-12/h1-7,15-16H,8H2. The fraction of sp³-hybridized carbons (Fsp3) is 0.0714. The first-order chi connectivity index (χ1) is 9.15. The van der Waals surface area contributed by atoms with Gasteiger partial charge in [0.15, 0.2) is 16.6 Å². The number of ketones is 1. The Hall–Kier alpha value is -1.98. The number of phenols is 1. The molecule has 2 aromatic rings. The number of fused-ring (bicyclic) bond motifs is 1. The highest BCUT2D eigenvalue weighted by Gasteiger charge is 2.25. The maximum absolute atomic E-state index is 12.3. The van der Waals surface area contributed by atoms with Crippen LogP contribution in [0, 0.1) is 0 Å². The Labute approximate surface area is 113 Å². The van der Waals surface area contributed by atoms with Crippen LogP contribution in [-0.2, 0) is 11.2 Å². The largest absolute Gasteiger partial charge is 0.610 e. The third kappa shape index (κ3) is 2.18. The Morgan fingerprint density at radius 1 is 1.16 bits per heavy atom. The summed E-state index contributed by atoms with van der Waals surface area (Å²) in [6.07, 6.45) is 0. The number of carbonyl (C=O) groups excluding carboxylic acids is 1. The number of phenolic OH excluding ortho intramolecular Hbond substituents is 1. The summed E-state index contributed by atoms with van der Waals surface area (Å²) in [5.74, 6) is 0.370. The van der Waals surface area contributed by atoms with Crippen LogP contribution in [0.2, 0.25) is 0 Å². The van der Waals surface area contributed by atoms with E-state index < -0.39 is 11.2 Å². The van der Waals surface area contributed by atoms with Crippen LogP contribution in [0.15, 0.2) is 47.4 Å². The molecule has 1 aliphatic rings. The van der Waals surface area contributed by atoms with Crippen LogP contribution < -0.4 is 5.32 Å². The topological polar surface area (TPSA) is 72.4 Å². The van der Waals surface area contributed by atoms with Crippen LogP contribution in [0.5, 0.6) is 5.75 Å². The van der Waals surface area contributed by atoms with Crippen LogP contribution >= 0.6 is 0 Å². The van der Waals surface area contributed by atoms with Gasteiger partial charge >= 0.3 is 0 Å². The van der Waals surface area contributed by atoms with Crippen LogP contribution in [-0.4, -0.2) is 21.3 Å². The molecule has 0 saturated carbocycles. The van der Waals surface area contributed by atoms with Crippen molar-refractivity contribution in [3.63, 3.8) is 0 Å². The molecule has 0 aromatic heterocycles. The molecule has 0 bridgehead atoms. The number of hydrogen-bond acceptors (Lipinski definition) is 4. The summed E-state index contributed by atoms with van der Waals surface area (Å²) in [4.78, 5) is 12.9. The lowest BCUT2D eigenvalue weighted by Crippen LogP contribution is -2.04. The highest BCUT2D eigenvalue weighted by molar-refractivity contribution is 7.92. The molecular weight excluding hydrogens is 262 g/mol. The zero-order chi connectivity index (χ0) is 13.4. The minimum absolute atomic E-state index is 0.121. The van der Waals surface area contributed by atoms with Crippen molar-refractivity contribution in [2.24, 2.45) is 0 Å². The zero-order valence-corrected chi connectivity index (χ0v) is 10.7. The van der Waals surface area contributed by atoms with E-state index in [-0.39, 0.29) is 11.5 Å². The maximum atomic E-state index is 12.3. The van der Waals surface area contributed by atoms with Crippen molar-refractivity contribution >= 4 is 22.6 Å². The quantitative estimate of drug-likeness (QED) is 0.649. The Balaban J connectivity index is 1.96. The normalized spacial score (nSPS) is 16.8. The molecule has 96 valence electrons. The Morgan fingerprint density at radius 3 is 2.58 bits per heavy atom. The van der Waals surface area contributed by atoms with Crippen LogP contribution in [0.3, 0.4) is 0 Å². The highest BCUT2D eigenvalue weighted by Crippen LogP contribution is 2.30. The van der Waals surface area contributed by atoms with Gasteiger partial charge in [-0.15, -0.1) is 0 Å². The number of benzene rings is 2. The molecule has 0 aliphatic carbocycles. The fourth-order valence-electron chi connectivity index (χ4n) is 2.00. The van der Waals surface area contributed by atoms with Gasteiger partial charge in [0.2, 0.25) is 0 Å². The molecule has 1 aliphatic heterocycles. The molecule has 2 aromatic carbocycles. The van der Waals surface area contributed by atoms with E-state index in [2.05, 4.69) is 5.32 Å².